The first kappa shape index (κ1) is 11.0. The molecule has 3 heteroatoms. The van der Waals surface area contributed by atoms with E-state index in [2.05, 4.69) is 24.2 Å². The highest BCUT2D eigenvalue weighted by Crippen LogP contribution is 2.13. The molecular weight excluding hydrogens is 162 g/mol. The van der Waals surface area contributed by atoms with Crippen LogP contribution in [-0.2, 0) is 0 Å². The van der Waals surface area contributed by atoms with Crippen LogP contribution < -0.4 is 11.1 Å². The molecule has 0 amide bonds. The number of hydrogen-bond acceptors (Lipinski definition) is 3. The summed E-state index contributed by atoms with van der Waals surface area (Å²) in [6.45, 7) is 5.22. The van der Waals surface area contributed by atoms with Crippen molar-refractivity contribution in [1.82, 2.24) is 10.2 Å². The molecule has 3 nitrogen and oxygen atoms in total. The van der Waals surface area contributed by atoms with Crippen LogP contribution in [0.25, 0.3) is 0 Å². The van der Waals surface area contributed by atoms with Gasteiger partial charge in [0, 0.05) is 25.2 Å². The molecular formula is C10H23N3. The van der Waals surface area contributed by atoms with Crippen molar-refractivity contribution >= 4 is 0 Å². The van der Waals surface area contributed by atoms with Crippen LogP contribution in [0.1, 0.15) is 26.2 Å². The van der Waals surface area contributed by atoms with Gasteiger partial charge in [-0.25, -0.2) is 0 Å². The van der Waals surface area contributed by atoms with E-state index in [1.54, 1.807) is 0 Å². The Balaban J connectivity index is 2.18. The number of hydrogen-bond donors (Lipinski definition) is 2. The zero-order valence-electron chi connectivity index (χ0n) is 8.92. The molecule has 0 aliphatic carbocycles. The molecule has 1 aliphatic rings. The summed E-state index contributed by atoms with van der Waals surface area (Å²) in [5.74, 6) is 0. The van der Waals surface area contributed by atoms with Gasteiger partial charge in [0.1, 0.15) is 0 Å². The first-order chi connectivity index (χ1) is 6.24. The Labute approximate surface area is 81.7 Å². The molecule has 0 aromatic carbocycles. The molecule has 2 unspecified atom stereocenters. The molecule has 1 fully saturated rings. The van der Waals surface area contributed by atoms with E-state index >= 15 is 0 Å². The van der Waals surface area contributed by atoms with Crippen LogP contribution in [0.2, 0.25) is 0 Å². The third-order valence-corrected chi connectivity index (χ3v) is 2.98. The topological polar surface area (TPSA) is 41.3 Å². The van der Waals surface area contributed by atoms with Crippen LogP contribution in [-0.4, -0.2) is 43.7 Å². The van der Waals surface area contributed by atoms with Gasteiger partial charge in [-0.1, -0.05) is 6.42 Å². The van der Waals surface area contributed by atoms with Crippen LogP contribution in [0.15, 0.2) is 0 Å². The number of nitrogens with one attached hydrogen (secondary N) is 1. The fraction of sp³-hybridized carbons (Fsp3) is 1.00. The largest absolute Gasteiger partial charge is 0.329 e. The van der Waals surface area contributed by atoms with E-state index in [-0.39, 0.29) is 0 Å². The Hall–Kier alpha value is -0.120. The number of likely N-dealkylation sites (N-methyl/N-ethyl adjacent to an activating group) is 1. The van der Waals surface area contributed by atoms with E-state index in [9.17, 15) is 0 Å². The maximum absolute atomic E-state index is 5.55. The monoisotopic (exact) mass is 185 g/mol. The molecule has 0 saturated carbocycles. The van der Waals surface area contributed by atoms with Crippen molar-refractivity contribution in [3.8, 4) is 0 Å². The van der Waals surface area contributed by atoms with Crippen LogP contribution in [0.4, 0.5) is 0 Å². The lowest BCUT2D eigenvalue weighted by atomic mass is 10.0. The minimum Gasteiger partial charge on any atom is -0.329 e. The van der Waals surface area contributed by atoms with Gasteiger partial charge in [0.15, 0.2) is 0 Å². The standard InChI is InChI=1S/C10H23N3/c1-9(7-11)12-8-10-5-3-4-6-13(10)2/h9-10,12H,3-8,11H2,1-2H3. The Morgan fingerprint density at radius 2 is 2.31 bits per heavy atom. The van der Waals surface area contributed by atoms with Gasteiger partial charge in [0.25, 0.3) is 0 Å². The predicted molar refractivity (Wildman–Crippen MR) is 56.8 cm³/mol. The maximum Gasteiger partial charge on any atom is 0.0217 e. The summed E-state index contributed by atoms with van der Waals surface area (Å²) in [7, 11) is 2.22. The van der Waals surface area contributed by atoms with Gasteiger partial charge < -0.3 is 16.0 Å². The SMILES string of the molecule is CC(CN)NCC1CCCCN1C. The number of nitrogens with two attached hydrogens (primary N) is 1. The Kier molecular flexibility index (Phi) is 4.70. The van der Waals surface area contributed by atoms with Crippen molar-refractivity contribution < 1.29 is 0 Å². The number of piperidine rings is 1. The van der Waals surface area contributed by atoms with Gasteiger partial charge in [0.2, 0.25) is 0 Å². The first-order valence-corrected chi connectivity index (χ1v) is 5.37. The van der Waals surface area contributed by atoms with Crippen molar-refractivity contribution in [2.75, 3.05) is 26.7 Å². The lowest BCUT2D eigenvalue weighted by Crippen LogP contribution is -2.46. The Morgan fingerprint density at radius 1 is 1.54 bits per heavy atom. The minimum atomic E-state index is 0.454. The van der Waals surface area contributed by atoms with Crippen molar-refractivity contribution in [2.45, 2.75) is 38.3 Å². The average molecular weight is 185 g/mol. The Bertz CT molecular complexity index is 138. The molecule has 0 aromatic heterocycles. The quantitative estimate of drug-likeness (QED) is 0.666. The van der Waals surface area contributed by atoms with E-state index < -0.39 is 0 Å². The Morgan fingerprint density at radius 3 is 2.92 bits per heavy atom. The zero-order valence-corrected chi connectivity index (χ0v) is 8.92. The highest BCUT2D eigenvalue weighted by molar-refractivity contribution is 4.77. The van der Waals surface area contributed by atoms with E-state index in [1.165, 1.54) is 25.8 Å². The molecule has 1 rings (SSSR count). The molecule has 0 radical (unpaired) electrons. The lowest BCUT2D eigenvalue weighted by molar-refractivity contribution is 0.179. The third kappa shape index (κ3) is 3.63. The van der Waals surface area contributed by atoms with Gasteiger partial charge in [-0.3, -0.25) is 0 Å². The summed E-state index contributed by atoms with van der Waals surface area (Å²) in [4.78, 5) is 2.46. The fourth-order valence-corrected chi connectivity index (χ4v) is 1.82. The van der Waals surface area contributed by atoms with E-state index in [0.29, 0.717) is 6.04 Å². The van der Waals surface area contributed by atoms with Crippen molar-refractivity contribution in [3.05, 3.63) is 0 Å². The predicted octanol–water partition coefficient (Wildman–Crippen LogP) is 0.408. The van der Waals surface area contributed by atoms with Crippen molar-refractivity contribution in [1.29, 1.82) is 0 Å². The molecule has 1 saturated heterocycles. The summed E-state index contributed by atoms with van der Waals surface area (Å²) in [6.07, 6.45) is 4.08. The molecule has 13 heavy (non-hydrogen) atoms. The maximum atomic E-state index is 5.55. The van der Waals surface area contributed by atoms with Gasteiger partial charge in [-0.05, 0) is 33.4 Å². The molecule has 1 aliphatic heterocycles. The molecule has 0 bridgehead atoms. The second kappa shape index (κ2) is 5.58. The van der Waals surface area contributed by atoms with Crippen molar-refractivity contribution in [3.63, 3.8) is 0 Å². The summed E-state index contributed by atoms with van der Waals surface area (Å²) in [6, 6.07) is 1.18. The van der Waals surface area contributed by atoms with Crippen LogP contribution in [0.5, 0.6) is 0 Å². The first-order valence-electron chi connectivity index (χ1n) is 5.37. The smallest absolute Gasteiger partial charge is 0.0217 e. The summed E-state index contributed by atoms with van der Waals surface area (Å²) >= 11 is 0. The normalized spacial score (nSPS) is 27.5. The zero-order chi connectivity index (χ0) is 9.68. The van der Waals surface area contributed by atoms with Crippen LogP contribution >= 0.6 is 0 Å². The minimum absolute atomic E-state index is 0.454. The van der Waals surface area contributed by atoms with E-state index in [4.69, 9.17) is 5.73 Å². The molecule has 2 atom stereocenters. The van der Waals surface area contributed by atoms with Gasteiger partial charge in [-0.15, -0.1) is 0 Å². The number of nitrogens with zero attached hydrogens (tertiary/aromatic N) is 1. The van der Waals surface area contributed by atoms with Crippen LogP contribution in [0, 0.1) is 0 Å². The van der Waals surface area contributed by atoms with Gasteiger partial charge in [0.05, 0.1) is 0 Å². The van der Waals surface area contributed by atoms with Gasteiger partial charge >= 0.3 is 0 Å². The number of rotatable bonds is 4. The summed E-state index contributed by atoms with van der Waals surface area (Å²) < 4.78 is 0. The molecule has 0 aromatic rings. The molecule has 78 valence electrons. The molecule has 0 spiro atoms. The van der Waals surface area contributed by atoms with Crippen molar-refractivity contribution in [2.24, 2.45) is 5.73 Å². The lowest BCUT2D eigenvalue weighted by Gasteiger charge is -2.33. The highest BCUT2D eigenvalue weighted by atomic mass is 15.2. The van der Waals surface area contributed by atoms with Crippen LogP contribution in [0.3, 0.4) is 0 Å². The molecule has 3 N–H and O–H groups in total. The fourth-order valence-electron chi connectivity index (χ4n) is 1.82. The number of likely N-dealkylation sites (tertiary alicyclic amines) is 1. The molecule has 1 heterocycles. The third-order valence-electron chi connectivity index (χ3n) is 2.98. The van der Waals surface area contributed by atoms with E-state index in [1.807, 2.05) is 0 Å². The highest BCUT2D eigenvalue weighted by Gasteiger charge is 2.18. The van der Waals surface area contributed by atoms with E-state index in [0.717, 1.165) is 19.1 Å². The summed E-state index contributed by atoms with van der Waals surface area (Å²) in [5.41, 5.74) is 5.55. The van der Waals surface area contributed by atoms with Gasteiger partial charge in [-0.2, -0.15) is 0 Å². The summed E-state index contributed by atoms with van der Waals surface area (Å²) in [5, 5.41) is 3.47. The average Bonchev–Trinajstić information content (AvgIpc) is 2.16. The second-order valence-electron chi connectivity index (χ2n) is 4.18. The second-order valence-corrected chi connectivity index (χ2v) is 4.18.